The summed E-state index contributed by atoms with van der Waals surface area (Å²) in [6.45, 7) is 1.12. The maximum Gasteiger partial charge on any atom is 1.00 e. The SMILES string of the molecule is CCN1CCN(C(=O)N[C@H](C(=O)N[C@@H]2C(=O)N3C(C(=O)[O-])=C(CSc4nnnn4C)CS[C@@H]23)c2ccc(CNC(=O)OC[C@@H](N)C(=O)[O-])cc2)C(=O)C1=O.[Na+].[Na+]. The van der Waals surface area contributed by atoms with Gasteiger partial charge in [-0.15, -0.1) is 16.9 Å². The maximum absolute atomic E-state index is 13.9. The number of carboxylic acids is 2. The quantitative estimate of drug-likeness (QED) is 0.0594. The van der Waals surface area contributed by atoms with Crippen LogP contribution in [0, 0.1) is 0 Å². The number of nitrogens with zero attached hydrogens (tertiary/aromatic N) is 7. The third-order valence-electron chi connectivity index (χ3n) is 8.41. The standard InChI is InChI=1S/C30H35N11O11S2.2Na/c1-3-39-8-9-40(24(45)23(39)44)28(50)34-18(15-6-4-14(5-7-15)10-32-30(51)52-11-17(31)26(46)47)21(42)33-19-22(43)41-20(27(48)49)16(12-53-25(19)41)13-54-29-35-36-37-38(29)2;;/h4-7,17-19,25H,3,8-13,31H2,1-2H3,(H,32,51)(H,33,42)(H,34,50)(H,46,47)(H,48,49);;/q;2*+1/p-2/t17-,18+,19-,25+;;/m1../s1. The number of thioether (sulfide) groups is 2. The number of carbonyl (C=O) groups is 8. The van der Waals surface area contributed by atoms with Gasteiger partial charge in [0, 0.05) is 44.7 Å². The van der Waals surface area contributed by atoms with Crippen LogP contribution in [0.15, 0.2) is 40.7 Å². The Balaban J connectivity index is 0.00000420. The molecule has 1 aromatic heterocycles. The zero-order chi connectivity index (χ0) is 39.3. The molecule has 22 nitrogen and oxygen atoms in total. The van der Waals surface area contributed by atoms with Crippen LogP contribution in [0.3, 0.4) is 0 Å². The van der Waals surface area contributed by atoms with E-state index in [2.05, 4.69) is 31.5 Å². The van der Waals surface area contributed by atoms with Crippen molar-refractivity contribution in [1.82, 2.24) is 50.9 Å². The number of nitrogens with two attached hydrogens (primary N) is 1. The number of urea groups is 1. The molecule has 0 spiro atoms. The summed E-state index contributed by atoms with van der Waals surface area (Å²) in [5.74, 6) is -6.48. The van der Waals surface area contributed by atoms with Crippen LogP contribution in [0.5, 0.6) is 0 Å². The van der Waals surface area contributed by atoms with Crippen LogP contribution in [0.2, 0.25) is 0 Å². The fourth-order valence-electron chi connectivity index (χ4n) is 5.47. The number of benzene rings is 1. The smallest absolute Gasteiger partial charge is 0.548 e. The predicted molar refractivity (Wildman–Crippen MR) is 179 cm³/mol. The molecule has 2 aromatic rings. The molecule has 5 rings (SSSR count). The van der Waals surface area contributed by atoms with Gasteiger partial charge in [0.25, 0.3) is 5.91 Å². The topological polar surface area (TPSA) is 307 Å². The number of ether oxygens (including phenoxy) is 1. The molecular weight excluding hydrogens is 801 g/mol. The van der Waals surface area contributed by atoms with Crippen LogP contribution in [-0.2, 0) is 47.1 Å². The molecule has 4 atom stereocenters. The van der Waals surface area contributed by atoms with Crippen molar-refractivity contribution in [1.29, 1.82) is 0 Å². The molecule has 0 radical (unpaired) electrons. The number of β-lactam (4-membered cyclic amide) rings is 1. The molecule has 288 valence electrons. The summed E-state index contributed by atoms with van der Waals surface area (Å²) in [5.41, 5.74) is 5.97. The average Bonchev–Trinajstić information content (AvgIpc) is 3.57. The summed E-state index contributed by atoms with van der Waals surface area (Å²) >= 11 is 2.37. The first kappa shape index (κ1) is 46.6. The summed E-state index contributed by atoms with van der Waals surface area (Å²) in [5, 5.41) is 41.1. The second-order valence-electron chi connectivity index (χ2n) is 11.9. The van der Waals surface area contributed by atoms with E-state index in [1.54, 1.807) is 14.0 Å². The predicted octanol–water partition coefficient (Wildman–Crippen LogP) is -10.8. The van der Waals surface area contributed by atoms with Crippen LogP contribution >= 0.6 is 23.5 Å². The van der Waals surface area contributed by atoms with Crippen LogP contribution < -0.4 is 91.0 Å². The first-order valence-electron chi connectivity index (χ1n) is 16.1. The Morgan fingerprint density at radius 1 is 1.07 bits per heavy atom. The molecule has 7 amide bonds. The number of hydrogen-bond acceptors (Lipinski definition) is 17. The number of piperazine rings is 1. The van der Waals surface area contributed by atoms with Crippen molar-refractivity contribution in [2.24, 2.45) is 12.8 Å². The van der Waals surface area contributed by atoms with Gasteiger partial charge < -0.3 is 51.1 Å². The minimum Gasteiger partial charge on any atom is -0.548 e. The molecule has 1 aromatic carbocycles. The molecule has 2 saturated heterocycles. The number of likely N-dealkylation sites (N-methyl/N-ethyl adjacent to an activating group) is 1. The first-order valence-corrected chi connectivity index (χ1v) is 18.2. The number of alkyl carbamates (subject to hydrolysis) is 1. The largest absolute Gasteiger partial charge is 1.00 e. The van der Waals surface area contributed by atoms with E-state index in [-0.39, 0.29) is 108 Å². The number of carboxylic acid groups (broad SMARTS) is 2. The number of tetrazole rings is 1. The second kappa shape index (κ2) is 20.6. The third-order valence-corrected chi connectivity index (χ3v) is 10.8. The number of aryl methyl sites for hydroxylation is 1. The van der Waals surface area contributed by atoms with Gasteiger partial charge >= 0.3 is 83.1 Å². The van der Waals surface area contributed by atoms with E-state index in [1.165, 1.54) is 45.6 Å². The Labute approximate surface area is 370 Å². The molecule has 26 heteroatoms. The van der Waals surface area contributed by atoms with Gasteiger partial charge in [-0.05, 0) is 34.1 Å². The third kappa shape index (κ3) is 10.6. The average molecular weight is 834 g/mol. The second-order valence-corrected chi connectivity index (χ2v) is 13.9. The molecule has 0 unspecified atom stereocenters. The van der Waals surface area contributed by atoms with E-state index < -0.39 is 77.8 Å². The van der Waals surface area contributed by atoms with Gasteiger partial charge in [-0.2, -0.15) is 0 Å². The van der Waals surface area contributed by atoms with Crippen molar-refractivity contribution in [3.63, 3.8) is 0 Å². The Morgan fingerprint density at radius 2 is 1.77 bits per heavy atom. The molecule has 4 heterocycles. The van der Waals surface area contributed by atoms with E-state index in [0.29, 0.717) is 21.2 Å². The fraction of sp³-hybridized carbons (Fsp3) is 0.433. The van der Waals surface area contributed by atoms with Gasteiger partial charge in [0.05, 0.1) is 23.7 Å². The van der Waals surface area contributed by atoms with Crippen molar-refractivity contribution in [2.75, 3.05) is 37.7 Å². The van der Waals surface area contributed by atoms with Gasteiger partial charge in [0.1, 0.15) is 24.1 Å². The number of aromatic nitrogens is 4. The molecule has 56 heavy (non-hydrogen) atoms. The Hall–Kier alpha value is -3.75. The van der Waals surface area contributed by atoms with Crippen molar-refractivity contribution < 1.29 is 112 Å². The van der Waals surface area contributed by atoms with Crippen molar-refractivity contribution in [2.45, 2.75) is 42.1 Å². The van der Waals surface area contributed by atoms with Crippen molar-refractivity contribution in [3.8, 4) is 0 Å². The summed E-state index contributed by atoms with van der Waals surface area (Å²) in [6, 6.07) is 0.538. The summed E-state index contributed by atoms with van der Waals surface area (Å²) in [6.07, 6.45) is -0.965. The van der Waals surface area contributed by atoms with Crippen LogP contribution in [-0.4, -0.2) is 138 Å². The normalized spacial score (nSPS) is 18.7. The van der Waals surface area contributed by atoms with Gasteiger partial charge in [0.2, 0.25) is 11.1 Å². The molecule has 0 saturated carbocycles. The Kier molecular flexibility index (Phi) is 17.2. The van der Waals surface area contributed by atoms with Crippen LogP contribution in [0.4, 0.5) is 9.59 Å². The minimum atomic E-state index is -1.60. The molecular formula is C30H33N11Na2O11S2. The minimum absolute atomic E-state index is 0. The fourth-order valence-corrected chi connectivity index (χ4v) is 7.81. The molecule has 0 bridgehead atoms. The van der Waals surface area contributed by atoms with Crippen molar-refractivity contribution in [3.05, 3.63) is 46.7 Å². The number of rotatable bonds is 14. The number of nitrogens with one attached hydrogen (secondary N) is 3. The number of fused-ring (bicyclic) bond motifs is 1. The molecule has 5 N–H and O–H groups in total. The van der Waals surface area contributed by atoms with E-state index in [0.717, 1.165) is 16.7 Å². The summed E-state index contributed by atoms with van der Waals surface area (Å²) < 4.78 is 6.13. The number of amides is 7. The monoisotopic (exact) mass is 833 g/mol. The maximum atomic E-state index is 13.9. The number of hydrogen-bond donors (Lipinski definition) is 4. The van der Waals surface area contributed by atoms with Crippen molar-refractivity contribution >= 4 is 71.2 Å². The number of carbonyl (C=O) groups excluding carboxylic acids is 8. The molecule has 3 aliphatic rings. The van der Waals surface area contributed by atoms with Gasteiger partial charge in [0.15, 0.2) is 0 Å². The Bertz CT molecular complexity index is 1900. The molecule has 2 fully saturated rings. The molecule has 0 aliphatic carbocycles. The van der Waals surface area contributed by atoms with Crippen LogP contribution in [0.1, 0.15) is 24.1 Å². The summed E-state index contributed by atoms with van der Waals surface area (Å²) in [7, 11) is 1.61. The zero-order valence-corrected chi connectivity index (χ0v) is 36.2. The van der Waals surface area contributed by atoms with Gasteiger partial charge in [-0.1, -0.05) is 36.0 Å². The Morgan fingerprint density at radius 3 is 2.38 bits per heavy atom. The summed E-state index contributed by atoms with van der Waals surface area (Å²) in [4.78, 5) is 104. The van der Waals surface area contributed by atoms with E-state index >= 15 is 0 Å². The van der Waals surface area contributed by atoms with E-state index in [9.17, 15) is 48.6 Å². The molecule has 3 aliphatic heterocycles. The van der Waals surface area contributed by atoms with Gasteiger partial charge in [-0.3, -0.25) is 29.0 Å². The van der Waals surface area contributed by atoms with Gasteiger partial charge in [-0.25, -0.2) is 14.3 Å². The van der Waals surface area contributed by atoms with E-state index in [1.807, 2.05) is 0 Å². The number of aliphatic carboxylic acids is 2. The van der Waals surface area contributed by atoms with Crippen LogP contribution in [0.25, 0.3) is 0 Å². The zero-order valence-electron chi connectivity index (χ0n) is 30.6. The van der Waals surface area contributed by atoms with E-state index in [4.69, 9.17) is 10.5 Å². The first-order chi connectivity index (χ1) is 25.7. The number of imide groups is 1.